The van der Waals surface area contributed by atoms with Crippen molar-refractivity contribution in [2.45, 2.75) is 20.3 Å². The Kier molecular flexibility index (Phi) is 5.63. The summed E-state index contributed by atoms with van der Waals surface area (Å²) in [6, 6.07) is 15.0. The fraction of sp³-hybridized carbons (Fsp3) is 0.174. The number of hydrogen-bond acceptors (Lipinski definition) is 7. The SMILES string of the molecule is Cc1cc(O)ccc1Nc1ncnc2sc(C(=O)OCCc3ccccc3)c(C)c12. The van der Waals surface area contributed by atoms with Crippen molar-refractivity contribution in [3.63, 3.8) is 0 Å². The molecule has 6 nitrogen and oxygen atoms in total. The van der Waals surface area contributed by atoms with Crippen molar-refractivity contribution < 1.29 is 14.6 Å². The molecule has 2 aromatic heterocycles. The van der Waals surface area contributed by atoms with E-state index >= 15 is 0 Å². The van der Waals surface area contributed by atoms with Crippen LogP contribution < -0.4 is 5.32 Å². The molecule has 4 rings (SSSR count). The zero-order valence-corrected chi connectivity index (χ0v) is 17.5. The number of fused-ring (bicyclic) bond motifs is 1. The largest absolute Gasteiger partial charge is 0.508 e. The first-order valence-electron chi connectivity index (χ1n) is 9.54. The topological polar surface area (TPSA) is 84.3 Å². The molecule has 2 N–H and O–H groups in total. The summed E-state index contributed by atoms with van der Waals surface area (Å²) in [5.41, 5.74) is 3.62. The monoisotopic (exact) mass is 419 g/mol. The summed E-state index contributed by atoms with van der Waals surface area (Å²) in [5, 5.41) is 13.7. The number of carbonyl (C=O) groups excluding carboxylic acids is 1. The van der Waals surface area contributed by atoms with E-state index in [2.05, 4.69) is 15.3 Å². The summed E-state index contributed by atoms with van der Waals surface area (Å²) < 4.78 is 5.51. The number of phenols is 1. The van der Waals surface area contributed by atoms with Crippen LogP contribution in [0.2, 0.25) is 0 Å². The molecule has 30 heavy (non-hydrogen) atoms. The lowest BCUT2D eigenvalue weighted by Crippen LogP contribution is -2.07. The van der Waals surface area contributed by atoms with Crippen LogP contribution in [0.4, 0.5) is 11.5 Å². The van der Waals surface area contributed by atoms with Gasteiger partial charge in [0.15, 0.2) is 0 Å². The Morgan fingerprint density at radius 1 is 1.13 bits per heavy atom. The minimum absolute atomic E-state index is 0.207. The highest BCUT2D eigenvalue weighted by Gasteiger charge is 2.20. The number of aryl methyl sites for hydroxylation is 2. The zero-order chi connectivity index (χ0) is 21.1. The van der Waals surface area contributed by atoms with Gasteiger partial charge in [-0.15, -0.1) is 11.3 Å². The zero-order valence-electron chi connectivity index (χ0n) is 16.7. The number of thiophene rings is 1. The number of benzene rings is 2. The number of phenolic OH excluding ortho intramolecular Hbond substituents is 1. The van der Waals surface area contributed by atoms with Crippen LogP contribution in [-0.4, -0.2) is 27.7 Å². The molecule has 2 heterocycles. The number of nitrogens with one attached hydrogen (secondary N) is 1. The van der Waals surface area contributed by atoms with Gasteiger partial charge in [0.25, 0.3) is 0 Å². The predicted molar refractivity (Wildman–Crippen MR) is 119 cm³/mol. The van der Waals surface area contributed by atoms with Crippen LogP contribution in [0, 0.1) is 13.8 Å². The summed E-state index contributed by atoms with van der Waals surface area (Å²) >= 11 is 1.30. The number of hydrogen-bond donors (Lipinski definition) is 2. The average Bonchev–Trinajstić information content (AvgIpc) is 3.08. The molecule has 0 amide bonds. The van der Waals surface area contributed by atoms with Crippen molar-refractivity contribution in [1.29, 1.82) is 0 Å². The molecule has 0 fully saturated rings. The number of nitrogens with zero attached hydrogens (tertiary/aromatic N) is 2. The smallest absolute Gasteiger partial charge is 0.348 e. The van der Waals surface area contributed by atoms with E-state index in [0.29, 0.717) is 23.7 Å². The molecule has 0 radical (unpaired) electrons. The van der Waals surface area contributed by atoms with Crippen LogP contribution in [0.1, 0.15) is 26.4 Å². The molecule has 2 aromatic carbocycles. The number of aromatic nitrogens is 2. The molecule has 0 saturated heterocycles. The van der Waals surface area contributed by atoms with Crippen LogP contribution in [0.3, 0.4) is 0 Å². The quantitative estimate of drug-likeness (QED) is 0.332. The maximum atomic E-state index is 12.7. The van der Waals surface area contributed by atoms with Gasteiger partial charge in [0.2, 0.25) is 0 Å². The van der Waals surface area contributed by atoms with E-state index in [1.807, 2.05) is 44.2 Å². The summed E-state index contributed by atoms with van der Waals surface area (Å²) in [6.07, 6.45) is 2.14. The molecule has 0 atom stereocenters. The van der Waals surface area contributed by atoms with Crippen molar-refractivity contribution in [1.82, 2.24) is 9.97 Å². The third-order valence-corrected chi connectivity index (χ3v) is 6.02. The van der Waals surface area contributed by atoms with Gasteiger partial charge in [-0.3, -0.25) is 0 Å². The Morgan fingerprint density at radius 2 is 1.93 bits per heavy atom. The minimum atomic E-state index is -0.349. The fourth-order valence-corrected chi connectivity index (χ4v) is 4.29. The molecule has 0 unspecified atom stereocenters. The molecule has 7 heteroatoms. The molecule has 0 saturated carbocycles. The molecule has 4 aromatic rings. The van der Waals surface area contributed by atoms with Crippen molar-refractivity contribution in [2.75, 3.05) is 11.9 Å². The third-order valence-electron chi connectivity index (χ3n) is 4.84. The summed E-state index contributed by atoms with van der Waals surface area (Å²) in [6.45, 7) is 4.10. The van der Waals surface area contributed by atoms with Gasteiger partial charge in [-0.05, 0) is 48.7 Å². The maximum Gasteiger partial charge on any atom is 0.348 e. The van der Waals surface area contributed by atoms with E-state index < -0.39 is 0 Å². The van der Waals surface area contributed by atoms with Crippen molar-refractivity contribution >= 4 is 39.0 Å². The molecule has 0 aliphatic heterocycles. The lowest BCUT2D eigenvalue weighted by Gasteiger charge is -2.10. The first kappa shape index (κ1) is 19.8. The van der Waals surface area contributed by atoms with E-state index in [1.54, 1.807) is 18.2 Å². The molecule has 0 aliphatic rings. The Hall–Kier alpha value is -3.45. The Labute approximate surface area is 178 Å². The highest BCUT2D eigenvalue weighted by molar-refractivity contribution is 7.20. The van der Waals surface area contributed by atoms with Crippen LogP contribution in [-0.2, 0) is 11.2 Å². The molecule has 0 bridgehead atoms. The van der Waals surface area contributed by atoms with Gasteiger partial charge in [-0.2, -0.15) is 0 Å². The highest BCUT2D eigenvalue weighted by atomic mass is 32.1. The Balaban J connectivity index is 1.56. The average molecular weight is 420 g/mol. The maximum absolute atomic E-state index is 12.7. The van der Waals surface area contributed by atoms with Crippen molar-refractivity contribution in [3.8, 4) is 5.75 Å². The lowest BCUT2D eigenvalue weighted by atomic mass is 10.1. The van der Waals surface area contributed by atoms with Crippen molar-refractivity contribution in [3.05, 3.63) is 76.4 Å². The fourth-order valence-electron chi connectivity index (χ4n) is 3.25. The second-order valence-electron chi connectivity index (χ2n) is 6.95. The molecule has 0 aliphatic carbocycles. The van der Waals surface area contributed by atoms with Crippen LogP contribution in [0.25, 0.3) is 10.2 Å². The summed E-state index contributed by atoms with van der Waals surface area (Å²) in [7, 11) is 0. The second kappa shape index (κ2) is 8.51. The van der Waals surface area contributed by atoms with Gasteiger partial charge in [0.1, 0.15) is 27.6 Å². The van der Waals surface area contributed by atoms with Gasteiger partial charge in [-0.1, -0.05) is 30.3 Å². The molecular weight excluding hydrogens is 398 g/mol. The Bertz CT molecular complexity index is 1210. The van der Waals surface area contributed by atoms with Crippen molar-refractivity contribution in [2.24, 2.45) is 0 Å². The van der Waals surface area contributed by atoms with E-state index in [4.69, 9.17) is 4.74 Å². The second-order valence-corrected chi connectivity index (χ2v) is 7.95. The van der Waals surface area contributed by atoms with Gasteiger partial charge in [0, 0.05) is 12.1 Å². The first-order valence-corrected chi connectivity index (χ1v) is 10.4. The lowest BCUT2D eigenvalue weighted by molar-refractivity contribution is 0.0514. The number of ether oxygens (including phenoxy) is 1. The summed E-state index contributed by atoms with van der Waals surface area (Å²) in [4.78, 5) is 22.6. The van der Waals surface area contributed by atoms with Gasteiger partial charge < -0.3 is 15.2 Å². The van der Waals surface area contributed by atoms with Gasteiger partial charge >= 0.3 is 5.97 Å². The van der Waals surface area contributed by atoms with Crippen LogP contribution >= 0.6 is 11.3 Å². The van der Waals surface area contributed by atoms with E-state index in [0.717, 1.165) is 32.6 Å². The van der Waals surface area contributed by atoms with Crippen LogP contribution in [0.5, 0.6) is 5.75 Å². The standard InChI is InChI=1S/C23H21N3O3S/c1-14-12-17(27)8-9-18(14)26-21-19-15(2)20(30-22(19)25-13-24-21)23(28)29-11-10-16-6-4-3-5-7-16/h3-9,12-13,27H,10-11H2,1-2H3,(H,24,25,26). The highest BCUT2D eigenvalue weighted by Crippen LogP contribution is 2.35. The first-order chi connectivity index (χ1) is 14.5. The number of rotatable bonds is 6. The third kappa shape index (κ3) is 4.11. The Morgan fingerprint density at radius 3 is 2.70 bits per heavy atom. The molecular formula is C23H21N3O3S. The normalized spacial score (nSPS) is 10.9. The molecule has 152 valence electrons. The van der Waals surface area contributed by atoms with E-state index in [-0.39, 0.29) is 11.7 Å². The number of carbonyl (C=O) groups is 1. The van der Waals surface area contributed by atoms with Crippen LogP contribution in [0.15, 0.2) is 54.9 Å². The van der Waals surface area contributed by atoms with E-state index in [9.17, 15) is 9.90 Å². The molecule has 0 spiro atoms. The predicted octanol–water partition coefficient (Wildman–Crippen LogP) is 5.16. The number of esters is 1. The van der Waals surface area contributed by atoms with Gasteiger partial charge in [-0.25, -0.2) is 14.8 Å². The van der Waals surface area contributed by atoms with E-state index in [1.165, 1.54) is 17.7 Å². The number of aromatic hydroxyl groups is 1. The van der Waals surface area contributed by atoms with Gasteiger partial charge in [0.05, 0.1) is 12.0 Å². The minimum Gasteiger partial charge on any atom is -0.508 e. The number of anilines is 2. The summed E-state index contributed by atoms with van der Waals surface area (Å²) in [5.74, 6) is 0.474.